The number of benzene rings is 1. The summed E-state index contributed by atoms with van der Waals surface area (Å²) in [5, 5.41) is 16.8. The summed E-state index contributed by atoms with van der Waals surface area (Å²) in [7, 11) is 0. The number of hydrogen-bond donors (Lipinski definition) is 0. The lowest BCUT2D eigenvalue weighted by atomic mass is 10.0. The molecule has 1 atom stereocenters. The van der Waals surface area contributed by atoms with Gasteiger partial charge >= 0.3 is 0 Å². The first-order valence-electron chi connectivity index (χ1n) is 9.27. The van der Waals surface area contributed by atoms with Gasteiger partial charge in [0.15, 0.2) is 0 Å². The molecule has 4 rings (SSSR count). The van der Waals surface area contributed by atoms with Crippen LogP contribution in [0.2, 0.25) is 0 Å². The maximum Gasteiger partial charge on any atom is 0.285 e. The summed E-state index contributed by atoms with van der Waals surface area (Å²) in [5.74, 6) is 0.0988. The molecule has 3 aromatic rings. The minimum absolute atomic E-state index is 0.268. The molecule has 0 N–H and O–H groups in total. The summed E-state index contributed by atoms with van der Waals surface area (Å²) in [4.78, 5) is 35.5. The molecule has 0 fully saturated rings. The van der Waals surface area contributed by atoms with E-state index in [0.29, 0.717) is 12.2 Å². The molecule has 0 spiro atoms. The number of nitrogens with zero attached hydrogens (tertiary/aromatic N) is 4. The third kappa shape index (κ3) is 3.77. The summed E-state index contributed by atoms with van der Waals surface area (Å²) >= 11 is 0. The number of pyridine rings is 1. The molecule has 1 aromatic carbocycles. The Morgan fingerprint density at radius 1 is 1.23 bits per heavy atom. The van der Waals surface area contributed by atoms with E-state index in [0.717, 1.165) is 39.7 Å². The van der Waals surface area contributed by atoms with Gasteiger partial charge in [0.25, 0.3) is 17.2 Å². The first-order valence-corrected chi connectivity index (χ1v) is 9.27. The zero-order valence-corrected chi connectivity index (χ0v) is 16.1. The van der Waals surface area contributed by atoms with Crippen molar-refractivity contribution < 1.29 is 14.1 Å². The van der Waals surface area contributed by atoms with E-state index < -0.39 is 22.4 Å². The Bertz CT molecular complexity index is 1180. The fourth-order valence-electron chi connectivity index (χ4n) is 3.33. The molecule has 0 radical (unpaired) electrons. The highest BCUT2D eigenvalue weighted by Crippen LogP contribution is 2.33. The monoisotopic (exact) mass is 406 g/mol. The zero-order chi connectivity index (χ0) is 21.3. The van der Waals surface area contributed by atoms with Gasteiger partial charge in [0.05, 0.1) is 23.1 Å². The minimum Gasteiger partial charge on any atom is -0.467 e. The van der Waals surface area contributed by atoms with E-state index in [-0.39, 0.29) is 12.2 Å². The number of carbonyl (C=O) groups excluding carboxylic acids is 1. The van der Waals surface area contributed by atoms with Crippen LogP contribution in [0.5, 0.6) is 0 Å². The molecule has 0 saturated heterocycles. The largest absolute Gasteiger partial charge is 0.467 e. The van der Waals surface area contributed by atoms with E-state index in [1.54, 1.807) is 12.1 Å². The quantitative estimate of drug-likeness (QED) is 0.478. The highest BCUT2D eigenvalue weighted by Gasteiger charge is 2.35. The SMILES string of the molecule is Cc1ccc(C2=NN(C(=O)Cn3cc([N+](=O)[O-])ccc3=O)[C@H](c3ccco3)C2)cc1. The number of aryl methyl sites for hydroxylation is 1. The number of nitro groups is 1. The van der Waals surface area contributed by atoms with Crippen LogP contribution in [0.1, 0.15) is 29.3 Å². The van der Waals surface area contributed by atoms with Crippen LogP contribution in [0.15, 0.2) is 75.3 Å². The highest BCUT2D eigenvalue weighted by molar-refractivity contribution is 6.03. The van der Waals surface area contributed by atoms with Crippen LogP contribution in [0, 0.1) is 17.0 Å². The predicted octanol–water partition coefficient (Wildman–Crippen LogP) is 3.04. The van der Waals surface area contributed by atoms with Gasteiger partial charge in [-0.25, -0.2) is 5.01 Å². The summed E-state index contributed by atoms with van der Waals surface area (Å²) in [6.07, 6.45) is 3.03. The van der Waals surface area contributed by atoms with Gasteiger partial charge in [0.1, 0.15) is 18.3 Å². The third-order valence-corrected chi connectivity index (χ3v) is 4.91. The van der Waals surface area contributed by atoms with Gasteiger partial charge in [0, 0.05) is 18.6 Å². The van der Waals surface area contributed by atoms with Crippen molar-refractivity contribution >= 4 is 17.3 Å². The van der Waals surface area contributed by atoms with E-state index >= 15 is 0 Å². The maximum atomic E-state index is 13.0. The van der Waals surface area contributed by atoms with Crippen molar-refractivity contribution in [2.75, 3.05) is 0 Å². The Hall–Kier alpha value is -4.01. The van der Waals surface area contributed by atoms with Gasteiger partial charge < -0.3 is 4.42 Å². The molecule has 0 saturated carbocycles. The van der Waals surface area contributed by atoms with Gasteiger partial charge in [0.2, 0.25) is 0 Å². The number of hydrogen-bond acceptors (Lipinski definition) is 6. The summed E-state index contributed by atoms with van der Waals surface area (Å²) in [5.41, 5.74) is 1.94. The van der Waals surface area contributed by atoms with Gasteiger partial charge in [-0.3, -0.25) is 24.3 Å². The van der Waals surface area contributed by atoms with E-state index in [4.69, 9.17) is 4.42 Å². The molecule has 152 valence electrons. The van der Waals surface area contributed by atoms with Crippen molar-refractivity contribution in [1.29, 1.82) is 0 Å². The second kappa shape index (κ2) is 7.78. The standard InChI is InChI=1S/C21H18N4O5/c1-14-4-6-15(7-5-14)17-11-18(19-3-2-10-30-19)24(22-17)21(27)13-23-12-16(25(28)29)8-9-20(23)26/h2-10,12,18H,11,13H2,1H3/t18-/m0/s1. The van der Waals surface area contributed by atoms with Crippen molar-refractivity contribution in [2.45, 2.75) is 25.9 Å². The van der Waals surface area contributed by atoms with E-state index in [1.807, 2.05) is 31.2 Å². The van der Waals surface area contributed by atoms with Crippen LogP contribution in [0.25, 0.3) is 0 Å². The normalized spacial score (nSPS) is 15.8. The van der Waals surface area contributed by atoms with Gasteiger partial charge in [-0.1, -0.05) is 29.8 Å². The summed E-state index contributed by atoms with van der Waals surface area (Å²) in [6, 6.07) is 13.0. The molecule has 30 heavy (non-hydrogen) atoms. The van der Waals surface area contributed by atoms with Crippen LogP contribution in [-0.4, -0.2) is 26.1 Å². The van der Waals surface area contributed by atoms with Crippen LogP contribution in [-0.2, 0) is 11.3 Å². The number of aromatic nitrogens is 1. The molecule has 9 nitrogen and oxygen atoms in total. The molecule has 0 bridgehead atoms. The van der Waals surface area contributed by atoms with Gasteiger partial charge in [-0.2, -0.15) is 5.10 Å². The van der Waals surface area contributed by atoms with E-state index in [2.05, 4.69) is 5.10 Å². The van der Waals surface area contributed by atoms with Crippen molar-refractivity contribution in [3.63, 3.8) is 0 Å². The van der Waals surface area contributed by atoms with Crippen molar-refractivity contribution in [3.8, 4) is 0 Å². The Balaban J connectivity index is 1.66. The Morgan fingerprint density at radius 2 is 2.00 bits per heavy atom. The predicted molar refractivity (Wildman–Crippen MR) is 108 cm³/mol. The van der Waals surface area contributed by atoms with Crippen molar-refractivity contribution in [3.05, 3.63) is 98.3 Å². The van der Waals surface area contributed by atoms with Crippen LogP contribution in [0.4, 0.5) is 5.69 Å². The molecule has 2 aromatic heterocycles. The second-order valence-electron chi connectivity index (χ2n) is 7.00. The third-order valence-electron chi connectivity index (χ3n) is 4.91. The zero-order valence-electron chi connectivity index (χ0n) is 16.1. The van der Waals surface area contributed by atoms with E-state index in [9.17, 15) is 19.7 Å². The maximum absolute atomic E-state index is 13.0. The Kier molecular flexibility index (Phi) is 5.01. The summed E-state index contributed by atoms with van der Waals surface area (Å²) in [6.45, 7) is 1.61. The molecule has 0 aliphatic carbocycles. The lowest BCUT2D eigenvalue weighted by molar-refractivity contribution is -0.385. The smallest absolute Gasteiger partial charge is 0.285 e. The van der Waals surface area contributed by atoms with Crippen LogP contribution < -0.4 is 5.56 Å². The van der Waals surface area contributed by atoms with E-state index in [1.165, 1.54) is 11.3 Å². The van der Waals surface area contributed by atoms with Crippen LogP contribution in [0.3, 0.4) is 0 Å². The molecule has 0 unspecified atom stereocenters. The van der Waals surface area contributed by atoms with Gasteiger partial charge in [-0.05, 0) is 24.6 Å². The number of furan rings is 1. The fraction of sp³-hybridized carbons (Fsp3) is 0.190. The highest BCUT2D eigenvalue weighted by atomic mass is 16.6. The van der Waals surface area contributed by atoms with Crippen LogP contribution >= 0.6 is 0 Å². The Morgan fingerprint density at radius 3 is 2.67 bits per heavy atom. The first-order chi connectivity index (χ1) is 14.4. The average molecular weight is 406 g/mol. The van der Waals surface area contributed by atoms with Gasteiger partial charge in [-0.15, -0.1) is 0 Å². The summed E-state index contributed by atoms with van der Waals surface area (Å²) < 4.78 is 6.51. The molecule has 1 aliphatic heterocycles. The molecule has 1 amide bonds. The number of hydrazone groups is 1. The van der Waals surface area contributed by atoms with Crippen molar-refractivity contribution in [1.82, 2.24) is 9.58 Å². The fourth-order valence-corrected chi connectivity index (χ4v) is 3.33. The van der Waals surface area contributed by atoms with Crippen molar-refractivity contribution in [2.24, 2.45) is 5.10 Å². The lowest BCUT2D eigenvalue weighted by Crippen LogP contribution is -2.33. The topological polar surface area (TPSA) is 111 Å². The molecule has 9 heteroatoms. The second-order valence-corrected chi connectivity index (χ2v) is 7.00. The number of rotatable bonds is 5. The number of amides is 1. The average Bonchev–Trinajstić information content (AvgIpc) is 3.39. The Labute approximate surface area is 171 Å². The minimum atomic E-state index is -0.616. The molecule has 3 heterocycles. The molecular formula is C21H18N4O5. The first kappa shape index (κ1) is 19.3. The molecule has 1 aliphatic rings. The lowest BCUT2D eigenvalue weighted by Gasteiger charge is -2.20. The number of carbonyl (C=O) groups is 1. The molecular weight excluding hydrogens is 388 g/mol.